The molecule has 94 valence electrons. The van der Waals surface area contributed by atoms with Gasteiger partial charge >= 0.3 is 5.97 Å². The van der Waals surface area contributed by atoms with Crippen LogP contribution in [0, 0.1) is 0 Å². The normalized spacial score (nSPS) is 16.5. The number of benzene rings is 1. The molecule has 2 unspecified atom stereocenters. The van der Waals surface area contributed by atoms with E-state index in [2.05, 4.69) is 0 Å². The minimum atomic E-state index is -1.06. The molecule has 0 saturated carbocycles. The van der Waals surface area contributed by atoms with Gasteiger partial charge in [-0.15, -0.1) is 0 Å². The van der Waals surface area contributed by atoms with E-state index < -0.39 is 17.6 Å². The van der Waals surface area contributed by atoms with E-state index in [1.807, 2.05) is 30.3 Å². The second-order valence-corrected chi connectivity index (χ2v) is 4.57. The maximum atomic E-state index is 10.8. The van der Waals surface area contributed by atoms with Gasteiger partial charge in [0, 0.05) is 6.54 Å². The molecule has 4 heteroatoms. The van der Waals surface area contributed by atoms with Crippen LogP contribution in [0.15, 0.2) is 30.3 Å². The fourth-order valence-electron chi connectivity index (χ4n) is 1.70. The summed E-state index contributed by atoms with van der Waals surface area (Å²) in [5.41, 5.74) is -0.274. The van der Waals surface area contributed by atoms with Gasteiger partial charge in [0.1, 0.15) is 6.04 Å². The van der Waals surface area contributed by atoms with Crippen molar-refractivity contribution in [2.75, 3.05) is 13.6 Å². The zero-order valence-electron chi connectivity index (χ0n) is 10.4. The summed E-state index contributed by atoms with van der Waals surface area (Å²) in [6.45, 7) is 3.56. The molecule has 0 bridgehead atoms. The number of rotatable bonds is 5. The van der Waals surface area contributed by atoms with Crippen molar-refractivity contribution in [3.63, 3.8) is 0 Å². The zero-order chi connectivity index (χ0) is 13.1. The Morgan fingerprint density at radius 2 is 1.94 bits per heavy atom. The van der Waals surface area contributed by atoms with Crippen LogP contribution < -0.4 is 0 Å². The van der Waals surface area contributed by atoms with Crippen LogP contribution in [0.2, 0.25) is 0 Å². The molecule has 0 radical (unpaired) electrons. The van der Waals surface area contributed by atoms with Crippen molar-refractivity contribution >= 4 is 5.97 Å². The standard InChI is InChI=1S/C13H19NO3/c1-10(12(15)16)14(3)9-13(2,17)11-7-5-4-6-8-11/h4-8,10,17H,9H2,1-3H3,(H,15,16). The number of carbonyl (C=O) groups is 1. The number of aliphatic hydroxyl groups is 1. The number of likely N-dealkylation sites (N-methyl/N-ethyl adjacent to an activating group) is 1. The molecule has 0 fully saturated rings. The molecule has 0 aliphatic heterocycles. The lowest BCUT2D eigenvalue weighted by Crippen LogP contribution is -2.44. The Morgan fingerprint density at radius 1 is 1.41 bits per heavy atom. The van der Waals surface area contributed by atoms with Gasteiger partial charge in [-0.1, -0.05) is 30.3 Å². The lowest BCUT2D eigenvalue weighted by Gasteiger charge is -2.31. The first kappa shape index (κ1) is 13.7. The fourth-order valence-corrected chi connectivity index (χ4v) is 1.70. The quantitative estimate of drug-likeness (QED) is 0.810. The van der Waals surface area contributed by atoms with E-state index in [1.54, 1.807) is 25.8 Å². The van der Waals surface area contributed by atoms with Gasteiger partial charge < -0.3 is 10.2 Å². The summed E-state index contributed by atoms with van der Waals surface area (Å²) in [5, 5.41) is 19.2. The molecule has 4 nitrogen and oxygen atoms in total. The van der Waals surface area contributed by atoms with Crippen molar-refractivity contribution in [2.24, 2.45) is 0 Å². The van der Waals surface area contributed by atoms with E-state index in [-0.39, 0.29) is 6.54 Å². The fraction of sp³-hybridized carbons (Fsp3) is 0.462. The maximum absolute atomic E-state index is 10.8. The third-order valence-electron chi connectivity index (χ3n) is 2.97. The third kappa shape index (κ3) is 3.54. The highest BCUT2D eigenvalue weighted by atomic mass is 16.4. The largest absolute Gasteiger partial charge is 0.480 e. The van der Waals surface area contributed by atoms with Crippen molar-refractivity contribution in [3.05, 3.63) is 35.9 Å². The maximum Gasteiger partial charge on any atom is 0.320 e. The van der Waals surface area contributed by atoms with Crippen LogP contribution >= 0.6 is 0 Å². The van der Waals surface area contributed by atoms with E-state index in [1.165, 1.54) is 0 Å². The van der Waals surface area contributed by atoms with E-state index in [4.69, 9.17) is 5.11 Å². The average Bonchev–Trinajstić information content (AvgIpc) is 2.28. The molecule has 1 aromatic rings. The average molecular weight is 237 g/mol. The summed E-state index contributed by atoms with van der Waals surface area (Å²) in [4.78, 5) is 12.5. The van der Waals surface area contributed by atoms with Crippen LogP contribution in [-0.4, -0.2) is 40.7 Å². The van der Waals surface area contributed by atoms with Gasteiger partial charge in [-0.05, 0) is 26.5 Å². The summed E-state index contributed by atoms with van der Waals surface area (Å²) < 4.78 is 0. The topological polar surface area (TPSA) is 60.8 Å². The number of aliphatic carboxylic acids is 1. The molecule has 0 amide bonds. The van der Waals surface area contributed by atoms with Gasteiger partial charge in [0.05, 0.1) is 5.60 Å². The first-order valence-electron chi connectivity index (χ1n) is 5.55. The van der Waals surface area contributed by atoms with E-state index in [0.29, 0.717) is 0 Å². The molecule has 1 aromatic carbocycles. The monoisotopic (exact) mass is 237 g/mol. The minimum absolute atomic E-state index is 0.268. The van der Waals surface area contributed by atoms with Crippen LogP contribution in [0.4, 0.5) is 0 Å². The SMILES string of the molecule is CC(C(=O)O)N(C)CC(C)(O)c1ccccc1. The first-order chi connectivity index (χ1) is 7.84. The van der Waals surface area contributed by atoms with Crippen molar-refractivity contribution in [3.8, 4) is 0 Å². The van der Waals surface area contributed by atoms with Gasteiger partial charge in [-0.25, -0.2) is 0 Å². The van der Waals surface area contributed by atoms with Crippen LogP contribution in [0.1, 0.15) is 19.4 Å². The van der Waals surface area contributed by atoms with Crippen molar-refractivity contribution in [2.45, 2.75) is 25.5 Å². The second-order valence-electron chi connectivity index (χ2n) is 4.57. The predicted octanol–water partition coefficient (Wildman–Crippen LogP) is 1.30. The van der Waals surface area contributed by atoms with E-state index in [0.717, 1.165) is 5.56 Å². The summed E-state index contributed by atoms with van der Waals surface area (Å²) in [6, 6.07) is 8.63. The molecule has 2 N–H and O–H groups in total. The van der Waals surface area contributed by atoms with Crippen LogP contribution in [0.25, 0.3) is 0 Å². The zero-order valence-corrected chi connectivity index (χ0v) is 10.4. The molecular weight excluding hydrogens is 218 g/mol. The Balaban J connectivity index is 2.77. The molecule has 0 heterocycles. The summed E-state index contributed by atoms with van der Waals surface area (Å²) in [6.07, 6.45) is 0. The minimum Gasteiger partial charge on any atom is -0.480 e. The molecule has 17 heavy (non-hydrogen) atoms. The lowest BCUT2D eigenvalue weighted by atomic mass is 9.95. The van der Waals surface area contributed by atoms with Gasteiger partial charge in [0.15, 0.2) is 0 Å². The number of hydrogen-bond acceptors (Lipinski definition) is 3. The molecule has 0 aromatic heterocycles. The molecule has 1 rings (SSSR count). The summed E-state index contributed by atoms with van der Waals surface area (Å²) >= 11 is 0. The second kappa shape index (κ2) is 5.29. The van der Waals surface area contributed by atoms with Crippen LogP contribution in [0.5, 0.6) is 0 Å². The number of hydrogen-bond donors (Lipinski definition) is 2. The highest BCUT2D eigenvalue weighted by Crippen LogP contribution is 2.21. The number of nitrogens with zero attached hydrogens (tertiary/aromatic N) is 1. The van der Waals surface area contributed by atoms with Crippen molar-refractivity contribution in [1.29, 1.82) is 0 Å². The van der Waals surface area contributed by atoms with Gasteiger partial charge in [0.25, 0.3) is 0 Å². The lowest BCUT2D eigenvalue weighted by molar-refractivity contribution is -0.143. The van der Waals surface area contributed by atoms with E-state index >= 15 is 0 Å². The van der Waals surface area contributed by atoms with Gasteiger partial charge in [0.2, 0.25) is 0 Å². The first-order valence-corrected chi connectivity index (χ1v) is 5.55. The van der Waals surface area contributed by atoms with Gasteiger partial charge in [-0.3, -0.25) is 9.69 Å². The number of carboxylic acids is 1. The van der Waals surface area contributed by atoms with Gasteiger partial charge in [-0.2, -0.15) is 0 Å². The summed E-state index contributed by atoms with van der Waals surface area (Å²) in [5.74, 6) is -0.892. The Bertz CT molecular complexity index is 376. The van der Waals surface area contributed by atoms with Crippen LogP contribution in [-0.2, 0) is 10.4 Å². The Labute approximate surface area is 101 Å². The smallest absolute Gasteiger partial charge is 0.320 e. The van der Waals surface area contributed by atoms with Crippen molar-refractivity contribution < 1.29 is 15.0 Å². The Kier molecular flexibility index (Phi) is 4.26. The molecule has 0 aliphatic rings. The third-order valence-corrected chi connectivity index (χ3v) is 2.97. The van der Waals surface area contributed by atoms with Crippen LogP contribution in [0.3, 0.4) is 0 Å². The molecule has 0 spiro atoms. The van der Waals surface area contributed by atoms with E-state index in [9.17, 15) is 9.90 Å². The molecule has 0 aliphatic carbocycles. The molecule has 0 saturated heterocycles. The predicted molar refractivity (Wildman–Crippen MR) is 65.7 cm³/mol. The molecule has 2 atom stereocenters. The highest BCUT2D eigenvalue weighted by Gasteiger charge is 2.28. The van der Waals surface area contributed by atoms with Crippen molar-refractivity contribution in [1.82, 2.24) is 4.90 Å². The Hall–Kier alpha value is -1.39. The summed E-state index contributed by atoms with van der Waals surface area (Å²) in [7, 11) is 1.69. The Morgan fingerprint density at radius 3 is 2.41 bits per heavy atom. The highest BCUT2D eigenvalue weighted by molar-refractivity contribution is 5.72. The number of carboxylic acid groups (broad SMARTS) is 1. The molecular formula is C13H19NO3.